The molecule has 0 fully saturated rings. The van der Waals surface area contributed by atoms with E-state index in [1.807, 2.05) is 38.1 Å². The monoisotopic (exact) mass is 423 g/mol. The van der Waals surface area contributed by atoms with Gasteiger partial charge in [0.15, 0.2) is 23.0 Å². The molecule has 0 aliphatic heterocycles. The molecule has 0 radical (unpaired) electrons. The standard InChI is InChI=1S/C24H29N3O4/c1-16-25-17(2)27-24(26-16)31-21-13-11-19(15-23(21)30-5)9-7-6-8-18-10-12-20(28-3)22(14-18)29-4/h10-15H,6-9H2,1-5H3. The number of methoxy groups -OCH3 is 3. The zero-order chi connectivity index (χ0) is 22.2. The third kappa shape index (κ3) is 6.07. The number of aryl methyl sites for hydroxylation is 4. The molecule has 0 saturated carbocycles. The van der Waals surface area contributed by atoms with Crippen molar-refractivity contribution in [2.45, 2.75) is 39.5 Å². The van der Waals surface area contributed by atoms with Crippen LogP contribution in [0.15, 0.2) is 36.4 Å². The van der Waals surface area contributed by atoms with Gasteiger partial charge >= 0.3 is 6.01 Å². The Morgan fingerprint density at radius 3 is 1.61 bits per heavy atom. The smallest absolute Gasteiger partial charge is 0.325 e. The summed E-state index contributed by atoms with van der Waals surface area (Å²) in [6.07, 6.45) is 4.06. The molecule has 0 bridgehead atoms. The van der Waals surface area contributed by atoms with Crippen LogP contribution in [0.3, 0.4) is 0 Å². The molecule has 7 nitrogen and oxygen atoms in total. The summed E-state index contributed by atoms with van der Waals surface area (Å²) >= 11 is 0. The summed E-state index contributed by atoms with van der Waals surface area (Å²) in [5.41, 5.74) is 2.43. The van der Waals surface area contributed by atoms with Crippen LogP contribution in [0.1, 0.15) is 35.6 Å². The lowest BCUT2D eigenvalue weighted by molar-refractivity contribution is 0.354. The highest BCUT2D eigenvalue weighted by Gasteiger charge is 2.10. The van der Waals surface area contributed by atoms with Crippen LogP contribution in [0.4, 0.5) is 0 Å². The summed E-state index contributed by atoms with van der Waals surface area (Å²) in [5, 5.41) is 0. The molecule has 0 amide bonds. The lowest BCUT2D eigenvalue weighted by atomic mass is 10.0. The lowest BCUT2D eigenvalue weighted by Crippen LogP contribution is -2.01. The van der Waals surface area contributed by atoms with Gasteiger partial charge in [-0.15, -0.1) is 0 Å². The van der Waals surface area contributed by atoms with Crippen LogP contribution in [0, 0.1) is 13.8 Å². The zero-order valence-corrected chi connectivity index (χ0v) is 18.8. The van der Waals surface area contributed by atoms with Gasteiger partial charge in [0.25, 0.3) is 0 Å². The van der Waals surface area contributed by atoms with Gasteiger partial charge in [-0.25, -0.2) is 4.98 Å². The summed E-state index contributed by atoms with van der Waals surface area (Å²) in [5.74, 6) is 4.00. The summed E-state index contributed by atoms with van der Waals surface area (Å²) in [7, 11) is 4.94. The third-order valence-electron chi connectivity index (χ3n) is 4.90. The molecular formula is C24H29N3O4. The topological polar surface area (TPSA) is 75.6 Å². The molecule has 0 aliphatic rings. The molecule has 3 rings (SSSR count). The fourth-order valence-corrected chi connectivity index (χ4v) is 3.38. The van der Waals surface area contributed by atoms with Crippen molar-refractivity contribution >= 4 is 0 Å². The highest BCUT2D eigenvalue weighted by atomic mass is 16.5. The predicted octanol–water partition coefficient (Wildman–Crippen LogP) is 4.87. The normalized spacial score (nSPS) is 10.6. The molecule has 0 N–H and O–H groups in total. The molecule has 31 heavy (non-hydrogen) atoms. The Morgan fingerprint density at radius 2 is 1.10 bits per heavy atom. The van der Waals surface area contributed by atoms with Crippen molar-refractivity contribution in [3.8, 4) is 29.0 Å². The minimum atomic E-state index is 0.269. The Labute approximate surface area is 183 Å². The van der Waals surface area contributed by atoms with E-state index in [4.69, 9.17) is 18.9 Å². The van der Waals surface area contributed by atoms with E-state index in [-0.39, 0.29) is 6.01 Å². The number of hydrogen-bond donors (Lipinski definition) is 0. The lowest BCUT2D eigenvalue weighted by Gasteiger charge is -2.12. The Bertz CT molecular complexity index is 1000. The van der Waals surface area contributed by atoms with Crippen LogP contribution >= 0.6 is 0 Å². The molecule has 0 unspecified atom stereocenters. The molecule has 164 valence electrons. The first-order valence-electron chi connectivity index (χ1n) is 10.3. The maximum absolute atomic E-state index is 5.83. The van der Waals surface area contributed by atoms with Crippen LogP contribution in [-0.4, -0.2) is 36.3 Å². The predicted molar refractivity (Wildman–Crippen MR) is 119 cm³/mol. The molecule has 3 aromatic rings. The average molecular weight is 424 g/mol. The molecule has 0 aliphatic carbocycles. The van der Waals surface area contributed by atoms with E-state index in [1.54, 1.807) is 21.3 Å². The van der Waals surface area contributed by atoms with Crippen LogP contribution in [0.5, 0.6) is 29.0 Å². The van der Waals surface area contributed by atoms with E-state index in [0.717, 1.165) is 37.2 Å². The summed E-state index contributed by atoms with van der Waals surface area (Å²) in [6, 6.07) is 12.3. The molecule has 2 aromatic carbocycles. The molecule has 7 heteroatoms. The molecule has 1 heterocycles. The van der Waals surface area contributed by atoms with Gasteiger partial charge in [-0.05, 0) is 74.9 Å². The minimum absolute atomic E-state index is 0.269. The second kappa shape index (κ2) is 10.6. The molecule has 0 saturated heterocycles. The van der Waals surface area contributed by atoms with Gasteiger partial charge in [0.05, 0.1) is 21.3 Å². The summed E-state index contributed by atoms with van der Waals surface area (Å²) in [6.45, 7) is 3.62. The molecule has 0 spiro atoms. The summed E-state index contributed by atoms with van der Waals surface area (Å²) < 4.78 is 22.0. The molecular weight excluding hydrogens is 394 g/mol. The van der Waals surface area contributed by atoms with Crippen molar-refractivity contribution in [1.29, 1.82) is 0 Å². The summed E-state index contributed by atoms with van der Waals surface area (Å²) in [4.78, 5) is 12.6. The molecule has 1 aromatic heterocycles. The Morgan fingerprint density at radius 1 is 0.613 bits per heavy atom. The first-order chi connectivity index (χ1) is 15.0. The van der Waals surface area contributed by atoms with Crippen molar-refractivity contribution < 1.29 is 18.9 Å². The number of rotatable bonds is 10. The van der Waals surface area contributed by atoms with Crippen LogP contribution in [-0.2, 0) is 12.8 Å². The van der Waals surface area contributed by atoms with Crippen molar-refractivity contribution in [2.75, 3.05) is 21.3 Å². The zero-order valence-electron chi connectivity index (χ0n) is 18.8. The van der Waals surface area contributed by atoms with Gasteiger partial charge in [0.1, 0.15) is 11.6 Å². The number of benzene rings is 2. The number of hydrogen-bond acceptors (Lipinski definition) is 7. The van der Waals surface area contributed by atoms with Crippen LogP contribution in [0.25, 0.3) is 0 Å². The second-order valence-corrected chi connectivity index (χ2v) is 7.20. The fraction of sp³-hybridized carbons (Fsp3) is 0.375. The highest BCUT2D eigenvalue weighted by molar-refractivity contribution is 5.44. The van der Waals surface area contributed by atoms with Crippen molar-refractivity contribution in [1.82, 2.24) is 15.0 Å². The fourth-order valence-electron chi connectivity index (χ4n) is 3.38. The number of ether oxygens (including phenoxy) is 4. The Kier molecular flexibility index (Phi) is 7.65. The quantitative estimate of drug-likeness (QED) is 0.431. The van der Waals surface area contributed by atoms with E-state index in [0.29, 0.717) is 23.1 Å². The number of nitrogens with zero attached hydrogens (tertiary/aromatic N) is 3. The van der Waals surface area contributed by atoms with E-state index >= 15 is 0 Å². The van der Waals surface area contributed by atoms with Crippen LogP contribution < -0.4 is 18.9 Å². The second-order valence-electron chi connectivity index (χ2n) is 7.20. The van der Waals surface area contributed by atoms with Gasteiger partial charge < -0.3 is 18.9 Å². The third-order valence-corrected chi connectivity index (χ3v) is 4.90. The number of unbranched alkanes of at least 4 members (excludes halogenated alkanes) is 1. The Hall–Kier alpha value is -3.35. The van der Waals surface area contributed by atoms with Gasteiger partial charge in [-0.3, -0.25) is 0 Å². The van der Waals surface area contributed by atoms with Crippen molar-refractivity contribution in [3.05, 3.63) is 59.2 Å². The van der Waals surface area contributed by atoms with Crippen LogP contribution in [0.2, 0.25) is 0 Å². The highest BCUT2D eigenvalue weighted by Crippen LogP contribution is 2.32. The van der Waals surface area contributed by atoms with Gasteiger partial charge in [-0.2, -0.15) is 9.97 Å². The average Bonchev–Trinajstić information content (AvgIpc) is 2.76. The maximum Gasteiger partial charge on any atom is 0.325 e. The van der Waals surface area contributed by atoms with Gasteiger partial charge in [-0.1, -0.05) is 12.1 Å². The van der Waals surface area contributed by atoms with Crippen molar-refractivity contribution in [2.24, 2.45) is 0 Å². The SMILES string of the molecule is COc1ccc(CCCCc2ccc(Oc3nc(C)nc(C)n3)c(OC)c2)cc1OC. The van der Waals surface area contributed by atoms with Crippen molar-refractivity contribution in [3.63, 3.8) is 0 Å². The van der Waals surface area contributed by atoms with E-state index in [2.05, 4.69) is 27.1 Å². The number of aromatic nitrogens is 3. The maximum atomic E-state index is 5.83. The molecule has 0 atom stereocenters. The first-order valence-corrected chi connectivity index (χ1v) is 10.3. The van der Waals surface area contributed by atoms with Gasteiger partial charge in [0, 0.05) is 0 Å². The van der Waals surface area contributed by atoms with E-state index in [1.165, 1.54) is 11.1 Å². The van der Waals surface area contributed by atoms with E-state index < -0.39 is 0 Å². The van der Waals surface area contributed by atoms with E-state index in [9.17, 15) is 0 Å². The largest absolute Gasteiger partial charge is 0.493 e. The first kappa shape index (κ1) is 22.3. The van der Waals surface area contributed by atoms with Gasteiger partial charge in [0.2, 0.25) is 0 Å². The Balaban J connectivity index is 1.57. The minimum Gasteiger partial charge on any atom is -0.493 e.